The molecule has 0 saturated carbocycles. The van der Waals surface area contributed by atoms with E-state index in [4.69, 9.17) is 21.1 Å². The van der Waals surface area contributed by atoms with Gasteiger partial charge in [0.05, 0.1) is 6.54 Å². The van der Waals surface area contributed by atoms with Crippen LogP contribution in [0.5, 0.6) is 11.5 Å². The Morgan fingerprint density at radius 3 is 2.72 bits per heavy atom. The van der Waals surface area contributed by atoms with Gasteiger partial charge in [0.1, 0.15) is 0 Å². The third-order valence-corrected chi connectivity index (χ3v) is 5.98. The van der Waals surface area contributed by atoms with Crippen LogP contribution >= 0.6 is 11.6 Å². The second kappa shape index (κ2) is 8.20. The number of benzene rings is 2. The number of rotatable bonds is 4. The number of carbonyl (C=O) groups is 2. The minimum atomic E-state index is -0.277. The summed E-state index contributed by atoms with van der Waals surface area (Å²) in [5.41, 5.74) is 3.56. The van der Waals surface area contributed by atoms with Gasteiger partial charge in [-0.3, -0.25) is 14.3 Å². The van der Waals surface area contributed by atoms with E-state index in [1.54, 1.807) is 33.8 Å². The lowest BCUT2D eigenvalue weighted by Gasteiger charge is -2.27. The van der Waals surface area contributed by atoms with Crippen molar-refractivity contribution >= 4 is 23.4 Å². The van der Waals surface area contributed by atoms with Crippen LogP contribution in [0, 0.1) is 0 Å². The molecule has 2 amide bonds. The summed E-state index contributed by atoms with van der Waals surface area (Å²) in [5.74, 6) is 0.996. The number of aromatic nitrogens is 2. The van der Waals surface area contributed by atoms with E-state index in [1.807, 2.05) is 25.2 Å². The summed E-state index contributed by atoms with van der Waals surface area (Å²) >= 11 is 5.94. The van der Waals surface area contributed by atoms with Crippen LogP contribution in [0.15, 0.2) is 42.5 Å². The van der Waals surface area contributed by atoms with Crippen LogP contribution in [0.4, 0.5) is 0 Å². The van der Waals surface area contributed by atoms with Gasteiger partial charge in [-0.25, -0.2) is 0 Å². The number of hydrogen-bond acceptors (Lipinski definition) is 5. The second-order valence-electron chi connectivity index (χ2n) is 7.75. The highest BCUT2D eigenvalue weighted by atomic mass is 35.5. The summed E-state index contributed by atoms with van der Waals surface area (Å²) in [7, 11) is 1.82. The number of amides is 2. The van der Waals surface area contributed by atoms with Crippen molar-refractivity contribution in [3.8, 4) is 11.5 Å². The molecule has 3 aromatic rings. The normalized spacial score (nSPS) is 14.2. The van der Waals surface area contributed by atoms with Crippen LogP contribution in [0.25, 0.3) is 0 Å². The molecular formula is C23H21ClN4O4. The van der Waals surface area contributed by atoms with Crippen LogP contribution in [-0.4, -0.2) is 39.8 Å². The fraction of sp³-hybridized carbons (Fsp3) is 0.261. The molecule has 0 unspecified atom stereocenters. The number of ether oxygens (including phenoxy) is 2. The second-order valence-corrected chi connectivity index (χ2v) is 8.19. The molecule has 5 rings (SSSR count). The van der Waals surface area contributed by atoms with Gasteiger partial charge in [-0.05, 0) is 42.0 Å². The Kier molecular flexibility index (Phi) is 5.22. The Morgan fingerprint density at radius 2 is 1.91 bits per heavy atom. The zero-order valence-electron chi connectivity index (χ0n) is 17.4. The van der Waals surface area contributed by atoms with E-state index in [0.717, 1.165) is 16.8 Å². The van der Waals surface area contributed by atoms with Crippen molar-refractivity contribution in [2.45, 2.75) is 19.5 Å². The minimum Gasteiger partial charge on any atom is -0.454 e. The molecule has 0 radical (unpaired) electrons. The van der Waals surface area contributed by atoms with Gasteiger partial charge in [-0.2, -0.15) is 5.10 Å². The number of nitrogens with one attached hydrogen (secondary N) is 1. The first kappa shape index (κ1) is 20.4. The van der Waals surface area contributed by atoms with Gasteiger partial charge in [-0.15, -0.1) is 0 Å². The molecule has 32 heavy (non-hydrogen) atoms. The van der Waals surface area contributed by atoms with E-state index < -0.39 is 0 Å². The lowest BCUT2D eigenvalue weighted by Crippen LogP contribution is -2.37. The van der Waals surface area contributed by atoms with Crippen LogP contribution in [0.2, 0.25) is 5.02 Å². The molecule has 0 spiro atoms. The topological polar surface area (TPSA) is 85.7 Å². The molecule has 3 heterocycles. The van der Waals surface area contributed by atoms with Gasteiger partial charge >= 0.3 is 0 Å². The van der Waals surface area contributed by atoms with Gasteiger partial charge < -0.3 is 19.7 Å². The predicted octanol–water partition coefficient (Wildman–Crippen LogP) is 2.93. The van der Waals surface area contributed by atoms with E-state index in [-0.39, 0.29) is 18.6 Å². The Labute approximate surface area is 189 Å². The maximum atomic E-state index is 13.0. The van der Waals surface area contributed by atoms with Crippen molar-refractivity contribution < 1.29 is 19.1 Å². The van der Waals surface area contributed by atoms with Crippen LogP contribution < -0.4 is 14.8 Å². The maximum absolute atomic E-state index is 13.0. The third kappa shape index (κ3) is 3.78. The molecule has 1 aromatic heterocycles. The quantitative estimate of drug-likeness (QED) is 0.657. The smallest absolute Gasteiger partial charge is 0.272 e. The van der Waals surface area contributed by atoms with Gasteiger partial charge in [0.15, 0.2) is 17.2 Å². The van der Waals surface area contributed by atoms with Crippen molar-refractivity contribution in [3.63, 3.8) is 0 Å². The van der Waals surface area contributed by atoms with Crippen LogP contribution in [0.3, 0.4) is 0 Å². The molecule has 0 aliphatic carbocycles. The number of nitrogens with zero attached hydrogens (tertiary/aromatic N) is 3. The van der Waals surface area contributed by atoms with Crippen LogP contribution in [0.1, 0.15) is 37.7 Å². The van der Waals surface area contributed by atoms with Crippen molar-refractivity contribution in [3.05, 3.63) is 75.6 Å². The van der Waals surface area contributed by atoms with Gasteiger partial charge in [0.2, 0.25) is 6.79 Å². The monoisotopic (exact) mass is 452 g/mol. The molecule has 1 N–H and O–H groups in total. The highest BCUT2D eigenvalue weighted by molar-refractivity contribution is 6.30. The molecule has 8 nitrogen and oxygen atoms in total. The molecule has 2 aliphatic heterocycles. The van der Waals surface area contributed by atoms with Crippen molar-refractivity contribution in [2.24, 2.45) is 7.05 Å². The summed E-state index contributed by atoms with van der Waals surface area (Å²) in [6.07, 6.45) is 0.633. The average Bonchev–Trinajstić information content (AvgIpc) is 3.41. The fourth-order valence-corrected chi connectivity index (χ4v) is 4.17. The highest BCUT2D eigenvalue weighted by Crippen LogP contribution is 2.32. The lowest BCUT2D eigenvalue weighted by molar-refractivity contribution is 0.0730. The molecule has 2 aliphatic rings. The van der Waals surface area contributed by atoms with E-state index >= 15 is 0 Å². The molecule has 9 heteroatoms. The Hall–Kier alpha value is -3.52. The Bertz CT molecular complexity index is 1210. The molecular weight excluding hydrogens is 432 g/mol. The summed E-state index contributed by atoms with van der Waals surface area (Å²) in [6, 6.07) is 12.4. The number of aryl methyl sites for hydroxylation is 1. The van der Waals surface area contributed by atoms with Gasteiger partial charge in [0, 0.05) is 48.4 Å². The predicted molar refractivity (Wildman–Crippen MR) is 117 cm³/mol. The number of carbonyl (C=O) groups excluding carboxylic acids is 2. The summed E-state index contributed by atoms with van der Waals surface area (Å²) in [4.78, 5) is 27.6. The standard InChI is InChI=1S/C23H21ClN4O4/c1-27-18-8-9-28(23(30)15-3-5-16(24)6-4-15)12-17(18)21(26-27)22(29)25-11-14-2-7-19-20(10-14)32-13-31-19/h2-7,10H,8-9,11-13H2,1H3,(H,25,29). The van der Waals surface area contributed by atoms with Crippen LogP contribution in [-0.2, 0) is 26.6 Å². The highest BCUT2D eigenvalue weighted by Gasteiger charge is 2.29. The first-order chi connectivity index (χ1) is 15.5. The van der Waals surface area contributed by atoms with E-state index in [9.17, 15) is 9.59 Å². The number of hydrogen-bond donors (Lipinski definition) is 1. The molecule has 0 atom stereocenters. The van der Waals surface area contributed by atoms with E-state index in [0.29, 0.717) is 53.8 Å². The van der Waals surface area contributed by atoms with Gasteiger partial charge in [0.25, 0.3) is 11.8 Å². The molecule has 0 fully saturated rings. The largest absolute Gasteiger partial charge is 0.454 e. The molecule has 2 aromatic carbocycles. The lowest BCUT2D eigenvalue weighted by atomic mass is 10.0. The Morgan fingerprint density at radius 1 is 1.12 bits per heavy atom. The SMILES string of the molecule is Cn1nc(C(=O)NCc2ccc3c(c2)OCO3)c2c1CCN(C(=O)c1ccc(Cl)cc1)C2. The van der Waals surface area contributed by atoms with E-state index in [1.165, 1.54) is 0 Å². The first-order valence-corrected chi connectivity index (χ1v) is 10.6. The minimum absolute atomic E-state index is 0.0945. The maximum Gasteiger partial charge on any atom is 0.272 e. The molecule has 164 valence electrons. The summed E-state index contributed by atoms with van der Waals surface area (Å²) < 4.78 is 12.4. The van der Waals surface area contributed by atoms with Crippen molar-refractivity contribution in [2.75, 3.05) is 13.3 Å². The van der Waals surface area contributed by atoms with Crippen molar-refractivity contribution in [1.82, 2.24) is 20.0 Å². The summed E-state index contributed by atoms with van der Waals surface area (Å²) in [6.45, 7) is 1.42. The number of halogens is 1. The van der Waals surface area contributed by atoms with Crippen molar-refractivity contribution in [1.29, 1.82) is 0 Å². The average molecular weight is 453 g/mol. The first-order valence-electron chi connectivity index (χ1n) is 10.3. The molecule has 0 bridgehead atoms. The Balaban J connectivity index is 1.31. The third-order valence-electron chi connectivity index (χ3n) is 5.73. The van der Waals surface area contributed by atoms with Gasteiger partial charge in [-0.1, -0.05) is 17.7 Å². The number of fused-ring (bicyclic) bond motifs is 2. The zero-order chi connectivity index (χ0) is 22.2. The fourth-order valence-electron chi connectivity index (χ4n) is 4.04. The molecule has 0 saturated heterocycles. The van der Waals surface area contributed by atoms with E-state index in [2.05, 4.69) is 10.4 Å². The zero-order valence-corrected chi connectivity index (χ0v) is 18.2. The summed E-state index contributed by atoms with van der Waals surface area (Å²) in [5, 5.41) is 7.95.